The Balaban J connectivity index is 1.56. The molecule has 154 valence electrons. The lowest BCUT2D eigenvalue weighted by Gasteiger charge is -2.14. The van der Waals surface area contributed by atoms with Gasteiger partial charge < -0.3 is 19.4 Å². The highest BCUT2D eigenvalue weighted by atomic mass is 35.5. The first kappa shape index (κ1) is 19.8. The Hall–Kier alpha value is -2.47. The van der Waals surface area contributed by atoms with Gasteiger partial charge in [0, 0.05) is 47.9 Å². The molecule has 0 bridgehead atoms. The van der Waals surface area contributed by atoms with Gasteiger partial charge in [0.05, 0.1) is 16.4 Å². The smallest absolute Gasteiger partial charge is 0.238 e. The number of halogens is 2. The van der Waals surface area contributed by atoms with Crippen LogP contribution in [0.4, 0.5) is 10.1 Å². The first-order valence-electron chi connectivity index (χ1n) is 10.00. The SMILES string of the molecule is C=C(Nc1cc(C2CC2)[nH]c1C)[C@H](C)c1cn2cc(Cl)cc(OC(F)CC)c2n1. The number of anilines is 1. The zero-order chi connectivity index (χ0) is 20.7. The molecule has 1 aliphatic carbocycles. The number of nitrogens with one attached hydrogen (secondary N) is 2. The molecule has 3 aromatic heterocycles. The molecule has 4 rings (SSSR count). The van der Waals surface area contributed by atoms with Crippen molar-refractivity contribution in [3.05, 3.63) is 58.9 Å². The number of rotatable bonds is 8. The van der Waals surface area contributed by atoms with Crippen LogP contribution in [-0.4, -0.2) is 20.7 Å². The maximum absolute atomic E-state index is 13.8. The molecule has 5 nitrogen and oxygen atoms in total. The fraction of sp³-hybridized carbons (Fsp3) is 0.409. The summed E-state index contributed by atoms with van der Waals surface area (Å²) in [6.07, 6.45) is 4.97. The van der Waals surface area contributed by atoms with Crippen LogP contribution in [0.5, 0.6) is 5.75 Å². The van der Waals surface area contributed by atoms with Crippen molar-refractivity contribution in [1.29, 1.82) is 0 Å². The van der Waals surface area contributed by atoms with Crippen LogP contribution < -0.4 is 10.1 Å². The number of H-pyrrole nitrogens is 1. The average molecular weight is 417 g/mol. The predicted octanol–water partition coefficient (Wildman–Crippen LogP) is 6.32. The van der Waals surface area contributed by atoms with Gasteiger partial charge in [0.25, 0.3) is 0 Å². The molecule has 2 atom stereocenters. The van der Waals surface area contributed by atoms with E-state index in [1.54, 1.807) is 23.6 Å². The number of aromatic nitrogens is 3. The second kappa shape index (κ2) is 7.75. The normalized spacial score (nSPS) is 16.0. The van der Waals surface area contributed by atoms with Crippen LogP contribution in [0, 0.1) is 6.92 Å². The molecular weight excluding hydrogens is 391 g/mol. The van der Waals surface area contributed by atoms with Crippen molar-refractivity contribution in [1.82, 2.24) is 14.4 Å². The van der Waals surface area contributed by atoms with Crippen LogP contribution in [0.25, 0.3) is 5.65 Å². The summed E-state index contributed by atoms with van der Waals surface area (Å²) >= 11 is 6.18. The van der Waals surface area contributed by atoms with E-state index in [1.807, 2.05) is 13.1 Å². The van der Waals surface area contributed by atoms with Gasteiger partial charge in [0.1, 0.15) is 0 Å². The topological polar surface area (TPSA) is 54.4 Å². The Morgan fingerprint density at radius 2 is 2.21 bits per heavy atom. The van der Waals surface area contributed by atoms with Gasteiger partial charge in [-0.2, -0.15) is 0 Å². The van der Waals surface area contributed by atoms with E-state index in [1.165, 1.54) is 18.5 Å². The lowest BCUT2D eigenvalue weighted by atomic mass is 10.1. The number of allylic oxidation sites excluding steroid dienone is 1. The van der Waals surface area contributed by atoms with Crippen LogP contribution in [0.15, 0.2) is 36.8 Å². The number of imidazole rings is 1. The lowest BCUT2D eigenvalue weighted by Crippen LogP contribution is -2.09. The first-order chi connectivity index (χ1) is 13.9. The minimum atomic E-state index is -1.40. The van der Waals surface area contributed by atoms with Gasteiger partial charge in [-0.15, -0.1) is 0 Å². The molecule has 3 aromatic rings. The fourth-order valence-electron chi connectivity index (χ4n) is 3.36. The zero-order valence-electron chi connectivity index (χ0n) is 16.9. The number of aryl methyl sites for hydroxylation is 1. The molecule has 0 amide bonds. The van der Waals surface area contributed by atoms with Gasteiger partial charge in [-0.1, -0.05) is 32.0 Å². The summed E-state index contributed by atoms with van der Waals surface area (Å²) in [7, 11) is 0. The number of alkyl halides is 1. The van der Waals surface area contributed by atoms with E-state index in [0.29, 0.717) is 22.3 Å². The van der Waals surface area contributed by atoms with Gasteiger partial charge >= 0.3 is 0 Å². The molecule has 1 aliphatic rings. The number of ether oxygens (including phenoxy) is 1. The van der Waals surface area contributed by atoms with E-state index in [9.17, 15) is 4.39 Å². The molecule has 7 heteroatoms. The molecule has 29 heavy (non-hydrogen) atoms. The molecule has 3 heterocycles. The Morgan fingerprint density at radius 3 is 2.90 bits per heavy atom. The van der Waals surface area contributed by atoms with Crippen molar-refractivity contribution >= 4 is 22.9 Å². The molecular formula is C22H26ClFN4O. The maximum atomic E-state index is 13.8. The summed E-state index contributed by atoms with van der Waals surface area (Å²) in [4.78, 5) is 8.13. The van der Waals surface area contributed by atoms with Gasteiger partial charge in [-0.25, -0.2) is 9.37 Å². The van der Waals surface area contributed by atoms with Crippen LogP contribution in [-0.2, 0) is 0 Å². The van der Waals surface area contributed by atoms with E-state index < -0.39 is 6.36 Å². The van der Waals surface area contributed by atoms with Crippen molar-refractivity contribution in [3.8, 4) is 5.75 Å². The Kier molecular flexibility index (Phi) is 5.30. The largest absolute Gasteiger partial charge is 0.456 e. The summed E-state index contributed by atoms with van der Waals surface area (Å²) in [5, 5.41) is 3.89. The Bertz CT molecular complexity index is 1050. The predicted molar refractivity (Wildman–Crippen MR) is 115 cm³/mol. The molecule has 2 N–H and O–H groups in total. The molecule has 0 saturated heterocycles. The molecule has 0 aromatic carbocycles. The molecule has 0 spiro atoms. The summed E-state index contributed by atoms with van der Waals surface area (Å²) in [6, 6.07) is 3.77. The molecule has 0 radical (unpaired) electrons. The zero-order valence-corrected chi connectivity index (χ0v) is 17.7. The lowest BCUT2D eigenvalue weighted by molar-refractivity contribution is 0.0651. The Morgan fingerprint density at radius 1 is 1.45 bits per heavy atom. The van der Waals surface area contributed by atoms with Gasteiger partial charge in [-0.3, -0.25) is 0 Å². The molecule has 1 unspecified atom stereocenters. The number of aromatic amines is 1. The van der Waals surface area contributed by atoms with Gasteiger partial charge in [0.2, 0.25) is 6.36 Å². The quantitative estimate of drug-likeness (QED) is 0.452. The van der Waals surface area contributed by atoms with Crippen molar-refractivity contribution in [2.24, 2.45) is 0 Å². The number of hydrogen-bond acceptors (Lipinski definition) is 3. The monoisotopic (exact) mass is 416 g/mol. The van der Waals surface area contributed by atoms with Gasteiger partial charge in [-0.05, 0) is 31.7 Å². The number of pyridine rings is 1. The van der Waals surface area contributed by atoms with E-state index in [4.69, 9.17) is 16.3 Å². The summed E-state index contributed by atoms with van der Waals surface area (Å²) in [6.45, 7) is 10.0. The second-order valence-electron chi connectivity index (χ2n) is 7.76. The standard InChI is InChI=1S/C22H26ClFN4O/c1-5-21(24)29-20-8-16(23)10-28-11-19(27-22(20)28)12(2)13(3)25-17-9-18(15-6-7-15)26-14(17)4/h8-12,15,21,25-26H,3,5-7H2,1-2,4H3/t12-,21?/m0/s1. The molecule has 1 fully saturated rings. The molecule has 1 saturated carbocycles. The average Bonchev–Trinajstić information content (AvgIpc) is 3.35. The highest BCUT2D eigenvalue weighted by molar-refractivity contribution is 6.30. The van der Waals surface area contributed by atoms with Crippen molar-refractivity contribution in [3.63, 3.8) is 0 Å². The van der Waals surface area contributed by atoms with E-state index >= 15 is 0 Å². The minimum absolute atomic E-state index is 0.0625. The van der Waals surface area contributed by atoms with Crippen molar-refractivity contribution < 1.29 is 9.13 Å². The van der Waals surface area contributed by atoms with E-state index in [0.717, 1.165) is 22.8 Å². The summed E-state index contributed by atoms with van der Waals surface area (Å²) in [5.74, 6) is 0.936. The van der Waals surface area contributed by atoms with E-state index in [-0.39, 0.29) is 12.3 Å². The van der Waals surface area contributed by atoms with Crippen LogP contribution >= 0.6 is 11.6 Å². The third-order valence-electron chi connectivity index (χ3n) is 5.39. The number of nitrogens with zero attached hydrogens (tertiary/aromatic N) is 2. The maximum Gasteiger partial charge on any atom is 0.238 e. The summed E-state index contributed by atoms with van der Waals surface area (Å²) in [5.41, 5.74) is 5.61. The first-order valence-corrected chi connectivity index (χ1v) is 10.4. The number of hydrogen-bond donors (Lipinski definition) is 2. The third kappa shape index (κ3) is 4.13. The van der Waals surface area contributed by atoms with Crippen LogP contribution in [0.1, 0.15) is 62.0 Å². The highest BCUT2D eigenvalue weighted by Gasteiger charge is 2.26. The highest BCUT2D eigenvalue weighted by Crippen LogP contribution is 2.41. The van der Waals surface area contributed by atoms with Crippen molar-refractivity contribution in [2.75, 3.05) is 5.32 Å². The molecule has 0 aliphatic heterocycles. The minimum Gasteiger partial charge on any atom is -0.456 e. The van der Waals surface area contributed by atoms with Crippen LogP contribution in [0.2, 0.25) is 5.02 Å². The Labute approximate surface area is 174 Å². The van der Waals surface area contributed by atoms with Crippen LogP contribution in [0.3, 0.4) is 0 Å². The second-order valence-corrected chi connectivity index (χ2v) is 8.20. The summed E-state index contributed by atoms with van der Waals surface area (Å²) < 4.78 is 20.9. The third-order valence-corrected chi connectivity index (χ3v) is 5.60. The number of fused-ring (bicyclic) bond motifs is 1. The van der Waals surface area contributed by atoms with Crippen molar-refractivity contribution in [2.45, 2.75) is 58.2 Å². The van der Waals surface area contributed by atoms with Gasteiger partial charge in [0.15, 0.2) is 11.4 Å². The fourth-order valence-corrected chi connectivity index (χ4v) is 3.56. The van der Waals surface area contributed by atoms with E-state index in [2.05, 4.69) is 34.9 Å².